The minimum absolute atomic E-state index is 0.108. The maximum atomic E-state index is 14.1. The van der Waals surface area contributed by atoms with Gasteiger partial charge >= 0.3 is 0 Å². The zero-order valence-corrected chi connectivity index (χ0v) is 18.3. The van der Waals surface area contributed by atoms with Crippen molar-refractivity contribution in [1.29, 1.82) is 0 Å². The molecule has 9 nitrogen and oxygen atoms in total. The molecule has 5 N–H and O–H groups in total. The largest absolute Gasteiger partial charge is 0.337 e. The summed E-state index contributed by atoms with van der Waals surface area (Å²) in [5, 5.41) is 11.2. The summed E-state index contributed by atoms with van der Waals surface area (Å²) in [7, 11) is 0. The fourth-order valence-electron chi connectivity index (χ4n) is 3.09. The Labute approximate surface area is 191 Å². The molecule has 0 saturated carbocycles. The first-order chi connectivity index (χ1) is 15.3. The zero-order chi connectivity index (χ0) is 22.8. The summed E-state index contributed by atoms with van der Waals surface area (Å²) in [4.78, 5) is 13.0. The molecule has 2 aromatic carbocycles. The van der Waals surface area contributed by atoms with Gasteiger partial charge in [0.1, 0.15) is 17.3 Å². The lowest BCUT2D eigenvalue weighted by molar-refractivity contribution is 0.629. The number of aryl methyl sites for hydroxylation is 1. The van der Waals surface area contributed by atoms with Gasteiger partial charge in [0.15, 0.2) is 10.9 Å². The first-order valence-corrected chi connectivity index (χ1v) is 10.2. The van der Waals surface area contributed by atoms with Gasteiger partial charge in [-0.15, -0.1) is 10.2 Å². The molecule has 164 valence electrons. The molecule has 0 atom stereocenters. The summed E-state index contributed by atoms with van der Waals surface area (Å²) in [6, 6.07) is 11.8. The first kappa shape index (κ1) is 21.5. The number of benzene rings is 2. The minimum atomic E-state index is -0.702. The highest BCUT2D eigenvalue weighted by Crippen LogP contribution is 2.23. The molecule has 0 bridgehead atoms. The topological polar surface area (TPSA) is 115 Å². The van der Waals surface area contributed by atoms with Crippen molar-refractivity contribution in [3.8, 4) is 0 Å². The second-order valence-corrected chi connectivity index (χ2v) is 7.70. The third kappa shape index (κ3) is 4.34. The van der Waals surface area contributed by atoms with E-state index in [0.717, 1.165) is 11.8 Å². The number of nitrogens with zero attached hydrogens (tertiary/aromatic N) is 4. The highest BCUT2D eigenvalue weighted by Gasteiger charge is 2.15. The third-order valence-corrected chi connectivity index (χ3v) is 5.21. The van der Waals surface area contributed by atoms with Gasteiger partial charge in [0.2, 0.25) is 5.43 Å². The molecule has 32 heavy (non-hydrogen) atoms. The summed E-state index contributed by atoms with van der Waals surface area (Å²) < 4.78 is 17.2. The summed E-state index contributed by atoms with van der Waals surface area (Å²) in [6.07, 6.45) is 1.54. The van der Waals surface area contributed by atoms with Crippen LogP contribution in [0.4, 0.5) is 15.8 Å². The van der Waals surface area contributed by atoms with E-state index in [2.05, 4.69) is 26.4 Å². The number of aromatic nitrogens is 4. The standard InChI is InChI=1S/C20H18ClFN8OS/c1-11-25-27-18(30(11)23)10-29-9-16(19(31)13-7-15(22)14(21)8-17(13)29)26-28-20(32)24-12-5-3-2-4-6-12/h2-9,26H,10,23H2,1H3,(H2,24,28,32). The van der Waals surface area contributed by atoms with E-state index < -0.39 is 11.2 Å². The van der Waals surface area contributed by atoms with E-state index in [1.165, 1.54) is 10.7 Å². The van der Waals surface area contributed by atoms with Crippen molar-refractivity contribution >= 4 is 51.2 Å². The lowest BCUT2D eigenvalue weighted by atomic mass is 10.2. The molecule has 0 unspecified atom stereocenters. The van der Waals surface area contributed by atoms with Gasteiger partial charge in [-0.2, -0.15) is 0 Å². The molecule has 12 heteroatoms. The number of hydrazine groups is 1. The molecule has 4 aromatic rings. The summed E-state index contributed by atoms with van der Waals surface area (Å²) >= 11 is 11.2. The Balaban J connectivity index is 1.68. The number of thiocarbonyl (C=S) groups is 1. The lowest BCUT2D eigenvalue weighted by Gasteiger charge is -2.16. The molecule has 0 amide bonds. The molecular weight excluding hydrogens is 455 g/mol. The van der Waals surface area contributed by atoms with Crippen LogP contribution in [-0.2, 0) is 6.54 Å². The summed E-state index contributed by atoms with van der Waals surface area (Å²) in [6.45, 7) is 1.88. The lowest BCUT2D eigenvalue weighted by Crippen LogP contribution is -2.35. The Morgan fingerprint density at radius 2 is 2.00 bits per heavy atom. The van der Waals surface area contributed by atoms with Crippen LogP contribution >= 0.6 is 23.8 Å². The van der Waals surface area contributed by atoms with Crippen LogP contribution < -0.4 is 27.4 Å². The average molecular weight is 473 g/mol. The second kappa shape index (κ2) is 8.81. The van der Waals surface area contributed by atoms with Gasteiger partial charge in [-0.05, 0) is 43.4 Å². The van der Waals surface area contributed by atoms with Gasteiger partial charge in [0, 0.05) is 11.9 Å². The van der Waals surface area contributed by atoms with Crippen LogP contribution in [0.5, 0.6) is 0 Å². The molecular formula is C20H18ClFN8OS. The molecule has 0 aliphatic heterocycles. The molecule has 0 aliphatic rings. The van der Waals surface area contributed by atoms with Crippen molar-refractivity contribution in [2.24, 2.45) is 0 Å². The number of nitrogens with one attached hydrogen (secondary N) is 3. The summed E-state index contributed by atoms with van der Waals surface area (Å²) in [5.41, 5.74) is 6.44. The van der Waals surface area contributed by atoms with E-state index in [1.807, 2.05) is 30.3 Å². The van der Waals surface area contributed by atoms with Gasteiger partial charge in [-0.1, -0.05) is 29.8 Å². The van der Waals surface area contributed by atoms with Crippen LogP contribution in [0.2, 0.25) is 5.02 Å². The van der Waals surface area contributed by atoms with Crippen LogP contribution in [0.25, 0.3) is 10.9 Å². The normalized spacial score (nSPS) is 10.8. The second-order valence-electron chi connectivity index (χ2n) is 6.89. The molecule has 0 radical (unpaired) electrons. The number of nitrogen functional groups attached to an aromatic ring is 1. The Bertz CT molecular complexity index is 1370. The zero-order valence-electron chi connectivity index (χ0n) is 16.8. The Hall–Kier alpha value is -3.70. The van der Waals surface area contributed by atoms with Crippen molar-refractivity contribution in [3.05, 3.63) is 81.4 Å². The van der Waals surface area contributed by atoms with E-state index >= 15 is 0 Å². The van der Waals surface area contributed by atoms with E-state index in [4.69, 9.17) is 29.7 Å². The van der Waals surface area contributed by atoms with Crippen molar-refractivity contribution in [1.82, 2.24) is 24.9 Å². The number of pyridine rings is 1. The van der Waals surface area contributed by atoms with Crippen LogP contribution in [0, 0.1) is 12.7 Å². The van der Waals surface area contributed by atoms with E-state index in [1.54, 1.807) is 17.7 Å². The predicted molar refractivity (Wildman–Crippen MR) is 127 cm³/mol. The monoisotopic (exact) mass is 472 g/mol. The number of anilines is 2. The molecule has 4 rings (SSSR count). The van der Waals surface area contributed by atoms with Crippen LogP contribution in [0.3, 0.4) is 0 Å². The Morgan fingerprint density at radius 3 is 2.69 bits per heavy atom. The number of hydrogen-bond donors (Lipinski definition) is 4. The predicted octanol–water partition coefficient (Wildman–Crippen LogP) is 2.77. The number of para-hydroxylation sites is 1. The van der Waals surface area contributed by atoms with Crippen LogP contribution in [0.1, 0.15) is 11.6 Å². The van der Waals surface area contributed by atoms with Gasteiger partial charge in [-0.25, -0.2) is 9.07 Å². The van der Waals surface area contributed by atoms with Crippen molar-refractivity contribution in [2.75, 3.05) is 16.6 Å². The SMILES string of the molecule is Cc1nnc(Cn2cc(NNC(=S)Nc3ccccc3)c(=O)c3cc(F)c(Cl)cc32)n1N. The number of rotatable bonds is 5. The Kier molecular flexibility index (Phi) is 5.93. The number of halogens is 2. The first-order valence-electron chi connectivity index (χ1n) is 9.39. The maximum Gasteiger partial charge on any atom is 0.214 e. The maximum absolute atomic E-state index is 14.1. The fourth-order valence-corrected chi connectivity index (χ4v) is 3.41. The van der Waals surface area contributed by atoms with Gasteiger partial charge < -0.3 is 15.7 Å². The van der Waals surface area contributed by atoms with Crippen LogP contribution in [0.15, 0.2) is 53.5 Å². The van der Waals surface area contributed by atoms with Gasteiger partial charge in [-0.3, -0.25) is 15.6 Å². The van der Waals surface area contributed by atoms with E-state index in [-0.39, 0.29) is 27.8 Å². The van der Waals surface area contributed by atoms with Crippen molar-refractivity contribution in [3.63, 3.8) is 0 Å². The average Bonchev–Trinajstić information content (AvgIpc) is 3.09. The summed E-state index contributed by atoms with van der Waals surface area (Å²) in [5.74, 6) is 6.22. The molecule has 0 fully saturated rings. The minimum Gasteiger partial charge on any atom is -0.337 e. The van der Waals surface area contributed by atoms with E-state index in [9.17, 15) is 9.18 Å². The molecule has 0 aliphatic carbocycles. The number of fused-ring (bicyclic) bond motifs is 1. The van der Waals surface area contributed by atoms with E-state index in [0.29, 0.717) is 17.2 Å². The molecule has 0 saturated heterocycles. The van der Waals surface area contributed by atoms with Gasteiger partial charge in [0.25, 0.3) is 0 Å². The molecule has 0 spiro atoms. The molecule has 2 heterocycles. The number of hydrogen-bond acceptors (Lipinski definition) is 6. The van der Waals surface area contributed by atoms with Gasteiger partial charge in [0.05, 0.1) is 22.5 Å². The third-order valence-electron chi connectivity index (χ3n) is 4.71. The number of nitrogens with two attached hydrogens (primary N) is 1. The molecule has 2 aromatic heterocycles. The Morgan fingerprint density at radius 1 is 1.25 bits per heavy atom. The quantitative estimate of drug-likeness (QED) is 0.199. The highest BCUT2D eigenvalue weighted by molar-refractivity contribution is 7.80. The highest BCUT2D eigenvalue weighted by atomic mass is 35.5. The van der Waals surface area contributed by atoms with Crippen molar-refractivity contribution < 1.29 is 4.39 Å². The smallest absolute Gasteiger partial charge is 0.214 e. The van der Waals surface area contributed by atoms with Crippen LogP contribution in [-0.4, -0.2) is 24.6 Å². The van der Waals surface area contributed by atoms with Crippen molar-refractivity contribution in [2.45, 2.75) is 13.5 Å². The fraction of sp³-hybridized carbons (Fsp3) is 0.100.